The molecule has 0 aliphatic rings. The number of fused-ring (bicyclic) bond motifs is 1. The second-order valence-electron chi connectivity index (χ2n) is 7.71. The summed E-state index contributed by atoms with van der Waals surface area (Å²) in [7, 11) is -9.36. The van der Waals surface area contributed by atoms with E-state index in [0.29, 0.717) is 6.07 Å². The van der Waals surface area contributed by atoms with Crippen molar-refractivity contribution in [1.29, 1.82) is 0 Å². The van der Waals surface area contributed by atoms with Gasteiger partial charge in [0.25, 0.3) is 27.1 Å². The summed E-state index contributed by atoms with van der Waals surface area (Å²) >= 11 is 0. The van der Waals surface area contributed by atoms with Crippen molar-refractivity contribution in [3.05, 3.63) is 114 Å². The second-order valence-corrected chi connectivity index (χ2v) is 11.0. The molecule has 0 unspecified atom stereocenters. The molecule has 4 aromatic rings. The molecule has 1 N–H and O–H groups in total. The van der Waals surface area contributed by atoms with Crippen LogP contribution in [0.3, 0.4) is 0 Å². The van der Waals surface area contributed by atoms with Crippen molar-refractivity contribution in [2.24, 2.45) is 0 Å². The van der Waals surface area contributed by atoms with E-state index in [0.717, 1.165) is 36.4 Å². The predicted molar refractivity (Wildman–Crippen MR) is 138 cm³/mol. The summed E-state index contributed by atoms with van der Waals surface area (Å²) in [6, 6.07) is 15.0. The third-order valence-corrected chi connectivity index (χ3v) is 8.00. The maximum Gasteiger partial charge on any atom is 0.293 e. The third kappa shape index (κ3) is 5.15. The Kier molecular flexibility index (Phi) is 6.86. The van der Waals surface area contributed by atoms with E-state index in [1.165, 1.54) is 36.4 Å². The fourth-order valence-corrected chi connectivity index (χ4v) is 5.79. The average molecular weight is 573 g/mol. The number of anilines is 1. The summed E-state index contributed by atoms with van der Waals surface area (Å²) in [4.78, 5) is 31.6. The first-order valence-corrected chi connectivity index (χ1v) is 13.4. The molecule has 0 spiro atoms. The normalized spacial score (nSPS) is 11.6. The average Bonchev–Trinajstić information content (AvgIpc) is 2.89. The zero-order chi connectivity index (χ0) is 28.5. The van der Waals surface area contributed by atoms with Crippen LogP contribution < -0.4 is 4.72 Å². The molecule has 0 amide bonds. The molecule has 200 valence electrons. The predicted octanol–water partition coefficient (Wildman–Crippen LogP) is 4.76. The van der Waals surface area contributed by atoms with Gasteiger partial charge in [0.05, 0.1) is 36.0 Å². The molecule has 0 saturated heterocycles. The summed E-state index contributed by atoms with van der Waals surface area (Å²) in [5.41, 5.74) is -5.10. The van der Waals surface area contributed by atoms with Crippen LogP contribution in [0.2, 0.25) is 0 Å². The van der Waals surface area contributed by atoms with Crippen molar-refractivity contribution in [1.82, 2.24) is 0 Å². The summed E-state index contributed by atoms with van der Waals surface area (Å²) < 4.78 is 57.9. The van der Waals surface area contributed by atoms with Gasteiger partial charge in [-0.05, 0) is 36.0 Å². The number of sulfonamides is 2. The number of nitrogens with zero attached hydrogens (tertiary/aromatic N) is 4. The fraction of sp³-hybridized carbons (Fsp3) is 0. The van der Waals surface area contributed by atoms with Crippen molar-refractivity contribution < 1.29 is 31.6 Å². The Hall–Kier alpha value is -5.16. The van der Waals surface area contributed by atoms with Crippen LogP contribution >= 0.6 is 0 Å². The van der Waals surface area contributed by atoms with Crippen molar-refractivity contribution in [3.63, 3.8) is 0 Å². The highest BCUT2D eigenvalue weighted by molar-refractivity contribution is 7.94. The van der Waals surface area contributed by atoms with Crippen LogP contribution in [0.1, 0.15) is 0 Å². The van der Waals surface area contributed by atoms with Crippen LogP contribution in [0.15, 0.2) is 88.7 Å². The number of benzene rings is 4. The standard InChI is InChI=1S/C22H14N5O10S2/c28-25(29)17-12-11-16-18(26(30)31)13-19(27(32)33)22(24-39(36,37)15-9-5-2-6-10-15)20(16)21(17)23-38(34,35)14-7-3-1-4-8-14/h1-13,23H/q-1. The maximum absolute atomic E-state index is 13.1. The molecule has 0 aromatic heterocycles. The van der Waals surface area contributed by atoms with Crippen molar-refractivity contribution in [2.45, 2.75) is 9.79 Å². The molecule has 0 saturated carbocycles. The quantitative estimate of drug-likeness (QED) is 0.214. The van der Waals surface area contributed by atoms with Crippen LogP contribution in [0.25, 0.3) is 15.5 Å². The van der Waals surface area contributed by atoms with Gasteiger partial charge in [-0.3, -0.25) is 35.1 Å². The molecular weight excluding hydrogens is 558 g/mol. The zero-order valence-corrected chi connectivity index (χ0v) is 20.8. The Morgan fingerprint density at radius 2 is 1.15 bits per heavy atom. The summed E-state index contributed by atoms with van der Waals surface area (Å²) in [5, 5.41) is 34.3. The van der Waals surface area contributed by atoms with E-state index in [1.807, 2.05) is 4.72 Å². The molecular formula is C22H14N5O10S2-. The highest BCUT2D eigenvalue weighted by Gasteiger charge is 2.31. The fourth-order valence-electron chi connectivity index (χ4n) is 3.65. The lowest BCUT2D eigenvalue weighted by Gasteiger charge is -2.25. The topological polar surface area (TPSA) is 224 Å². The summed E-state index contributed by atoms with van der Waals surface area (Å²) in [6.07, 6.45) is 0. The Morgan fingerprint density at radius 3 is 1.67 bits per heavy atom. The first-order chi connectivity index (χ1) is 18.3. The molecule has 17 heteroatoms. The molecule has 0 atom stereocenters. The maximum atomic E-state index is 13.1. The molecule has 0 fully saturated rings. The minimum Gasteiger partial charge on any atom is -0.567 e. The van der Waals surface area contributed by atoms with Crippen molar-refractivity contribution in [2.75, 3.05) is 4.72 Å². The lowest BCUT2D eigenvalue weighted by Crippen LogP contribution is -2.15. The highest BCUT2D eigenvalue weighted by Crippen LogP contribution is 2.50. The van der Waals surface area contributed by atoms with Crippen LogP contribution in [0.5, 0.6) is 0 Å². The zero-order valence-electron chi connectivity index (χ0n) is 19.2. The number of hydrogen-bond acceptors (Lipinski definition) is 10. The van der Waals surface area contributed by atoms with Gasteiger partial charge in [-0.1, -0.05) is 36.4 Å². The van der Waals surface area contributed by atoms with Crippen LogP contribution in [-0.2, 0) is 20.0 Å². The van der Waals surface area contributed by atoms with E-state index in [-0.39, 0.29) is 4.90 Å². The van der Waals surface area contributed by atoms with E-state index >= 15 is 0 Å². The van der Waals surface area contributed by atoms with Crippen molar-refractivity contribution in [3.8, 4) is 0 Å². The summed E-state index contributed by atoms with van der Waals surface area (Å²) in [5.74, 6) is 0. The number of nitro groups is 3. The Bertz CT molecular complexity index is 1790. The van der Waals surface area contributed by atoms with Gasteiger partial charge >= 0.3 is 0 Å². The minimum absolute atomic E-state index is 0.369. The minimum atomic E-state index is -4.74. The molecule has 15 nitrogen and oxygen atoms in total. The molecule has 0 bridgehead atoms. The molecule has 0 radical (unpaired) electrons. The first-order valence-electron chi connectivity index (χ1n) is 10.5. The third-order valence-electron chi connectivity index (χ3n) is 5.34. The lowest BCUT2D eigenvalue weighted by atomic mass is 10.0. The van der Waals surface area contributed by atoms with Gasteiger partial charge in [-0.15, -0.1) is 0 Å². The van der Waals surface area contributed by atoms with Crippen LogP contribution in [-0.4, -0.2) is 31.6 Å². The number of non-ortho nitro benzene ring substituents is 1. The summed E-state index contributed by atoms with van der Waals surface area (Å²) in [6.45, 7) is 0. The second kappa shape index (κ2) is 9.95. The van der Waals surface area contributed by atoms with E-state index < -0.39 is 78.9 Å². The van der Waals surface area contributed by atoms with Gasteiger partial charge < -0.3 is 4.72 Å². The molecule has 39 heavy (non-hydrogen) atoms. The molecule has 0 aliphatic carbocycles. The van der Waals surface area contributed by atoms with Gasteiger partial charge in [0, 0.05) is 11.5 Å². The number of nitrogens with one attached hydrogen (secondary N) is 1. The van der Waals surface area contributed by atoms with Gasteiger partial charge in [-0.2, -0.15) is 0 Å². The Morgan fingerprint density at radius 1 is 0.641 bits per heavy atom. The Labute approximate surface area is 219 Å². The molecule has 4 rings (SSSR count). The van der Waals surface area contributed by atoms with E-state index in [1.54, 1.807) is 0 Å². The monoisotopic (exact) mass is 572 g/mol. The number of hydrogen-bond donors (Lipinski definition) is 1. The molecule has 0 aliphatic heterocycles. The van der Waals surface area contributed by atoms with E-state index in [4.69, 9.17) is 0 Å². The number of rotatable bonds is 9. The highest BCUT2D eigenvalue weighted by atomic mass is 32.2. The van der Waals surface area contributed by atoms with Gasteiger partial charge in [0.15, 0.2) is 0 Å². The molecule has 4 aromatic carbocycles. The van der Waals surface area contributed by atoms with Crippen molar-refractivity contribution >= 4 is 59.3 Å². The smallest absolute Gasteiger partial charge is 0.293 e. The lowest BCUT2D eigenvalue weighted by molar-refractivity contribution is -0.392. The van der Waals surface area contributed by atoms with Gasteiger partial charge in [-0.25, -0.2) is 16.8 Å². The van der Waals surface area contributed by atoms with Gasteiger partial charge in [0.1, 0.15) is 15.7 Å². The van der Waals surface area contributed by atoms with E-state index in [9.17, 15) is 47.2 Å². The largest absolute Gasteiger partial charge is 0.567 e. The van der Waals surface area contributed by atoms with Gasteiger partial charge in [0.2, 0.25) is 0 Å². The SMILES string of the molecule is O=[N+]([O-])c1cc([N+](=O)[O-])c2ccc([N+](=O)[O-])c(NS(=O)(=O)c3ccccc3)c2c1[N-]S(=O)(=O)c1ccccc1. The number of nitro benzene ring substituents is 3. The molecule has 0 heterocycles. The van der Waals surface area contributed by atoms with Crippen LogP contribution in [0, 0.1) is 30.3 Å². The van der Waals surface area contributed by atoms with Crippen LogP contribution in [0.4, 0.5) is 28.4 Å². The Balaban J connectivity index is 2.15. The van der Waals surface area contributed by atoms with E-state index in [2.05, 4.69) is 4.72 Å². The first kappa shape index (κ1) is 26.9.